The molecule has 0 radical (unpaired) electrons. The van der Waals surface area contributed by atoms with Gasteiger partial charge in [-0.15, -0.1) is 0 Å². The number of carbonyl (C=O) groups excluding carboxylic acids is 3. The number of esters is 1. The first-order valence-electron chi connectivity index (χ1n) is 13.4. The smallest absolute Gasteiger partial charge is 0.410 e. The molecule has 1 heterocycles. The Balaban J connectivity index is 1.50. The van der Waals surface area contributed by atoms with Crippen molar-refractivity contribution in [1.29, 1.82) is 0 Å². The number of nitrogens with zero attached hydrogens (tertiary/aromatic N) is 2. The van der Waals surface area contributed by atoms with Crippen molar-refractivity contribution >= 4 is 18.2 Å². The number of likely N-dealkylation sites (tertiary alicyclic amines) is 1. The SMILES string of the molecule is CC(C)(C)OC(=O)N1CCC(N(CCCCC(=O)OCc2ccccc2)C(=O)OCc2ccccc2)CC1. The Morgan fingerprint density at radius 1 is 0.842 bits per heavy atom. The zero-order valence-corrected chi connectivity index (χ0v) is 22.8. The zero-order valence-electron chi connectivity index (χ0n) is 22.8. The molecule has 206 valence electrons. The van der Waals surface area contributed by atoms with Gasteiger partial charge in [-0.2, -0.15) is 0 Å². The number of hydrogen-bond donors (Lipinski definition) is 0. The van der Waals surface area contributed by atoms with Gasteiger partial charge in [0.25, 0.3) is 0 Å². The summed E-state index contributed by atoms with van der Waals surface area (Å²) in [5, 5.41) is 0. The lowest BCUT2D eigenvalue weighted by Gasteiger charge is -2.38. The Hall–Kier alpha value is -3.55. The summed E-state index contributed by atoms with van der Waals surface area (Å²) in [6.07, 6.45) is 2.11. The minimum atomic E-state index is -0.552. The van der Waals surface area contributed by atoms with Gasteiger partial charge in [0, 0.05) is 32.1 Å². The van der Waals surface area contributed by atoms with Crippen molar-refractivity contribution in [1.82, 2.24) is 9.80 Å². The maximum atomic E-state index is 13.1. The van der Waals surface area contributed by atoms with Crippen LogP contribution >= 0.6 is 0 Å². The van der Waals surface area contributed by atoms with E-state index in [4.69, 9.17) is 14.2 Å². The molecule has 1 fully saturated rings. The van der Waals surface area contributed by atoms with Gasteiger partial charge in [0.2, 0.25) is 0 Å². The summed E-state index contributed by atoms with van der Waals surface area (Å²) in [6.45, 7) is 7.48. The van der Waals surface area contributed by atoms with Gasteiger partial charge >= 0.3 is 18.2 Å². The molecule has 1 aliphatic rings. The summed E-state index contributed by atoms with van der Waals surface area (Å²) in [5.41, 5.74) is 1.32. The summed E-state index contributed by atoms with van der Waals surface area (Å²) < 4.78 is 16.5. The van der Waals surface area contributed by atoms with Crippen LogP contribution in [-0.2, 0) is 32.2 Å². The van der Waals surface area contributed by atoms with Crippen molar-refractivity contribution in [3.8, 4) is 0 Å². The van der Waals surface area contributed by atoms with Gasteiger partial charge in [-0.25, -0.2) is 9.59 Å². The van der Waals surface area contributed by atoms with E-state index >= 15 is 0 Å². The molecule has 0 aromatic heterocycles. The third-order valence-corrected chi connectivity index (χ3v) is 6.27. The minimum Gasteiger partial charge on any atom is -0.461 e. The van der Waals surface area contributed by atoms with Gasteiger partial charge < -0.3 is 24.0 Å². The molecule has 0 unspecified atom stereocenters. The first-order chi connectivity index (χ1) is 18.2. The molecule has 8 heteroatoms. The van der Waals surface area contributed by atoms with Crippen molar-refractivity contribution in [2.24, 2.45) is 0 Å². The van der Waals surface area contributed by atoms with Gasteiger partial charge in [-0.05, 0) is 57.6 Å². The van der Waals surface area contributed by atoms with E-state index in [2.05, 4.69) is 0 Å². The van der Waals surface area contributed by atoms with Crippen LogP contribution in [0, 0.1) is 0 Å². The van der Waals surface area contributed by atoms with Gasteiger partial charge in [0.15, 0.2) is 0 Å². The second kappa shape index (κ2) is 14.4. The molecule has 2 aromatic rings. The zero-order chi connectivity index (χ0) is 27.4. The molecule has 2 aromatic carbocycles. The second-order valence-electron chi connectivity index (χ2n) is 10.5. The highest BCUT2D eigenvalue weighted by molar-refractivity contribution is 5.70. The molecule has 38 heavy (non-hydrogen) atoms. The molecule has 2 amide bonds. The Kier molecular flexibility index (Phi) is 11.0. The maximum Gasteiger partial charge on any atom is 0.410 e. The molecule has 0 N–H and O–H groups in total. The van der Waals surface area contributed by atoms with E-state index in [9.17, 15) is 14.4 Å². The van der Waals surface area contributed by atoms with E-state index in [-0.39, 0.29) is 43.8 Å². The van der Waals surface area contributed by atoms with Gasteiger partial charge in [-0.3, -0.25) is 4.79 Å². The summed E-state index contributed by atoms with van der Waals surface area (Å²) >= 11 is 0. The normalized spacial score (nSPS) is 14.0. The highest BCUT2D eigenvalue weighted by atomic mass is 16.6. The Morgan fingerprint density at radius 3 is 1.95 bits per heavy atom. The van der Waals surface area contributed by atoms with E-state index in [1.807, 2.05) is 81.4 Å². The number of ether oxygens (including phenoxy) is 3. The molecule has 0 bridgehead atoms. The van der Waals surface area contributed by atoms with E-state index in [0.717, 1.165) is 11.1 Å². The molecular formula is C30H40N2O6. The third kappa shape index (κ3) is 10.1. The van der Waals surface area contributed by atoms with E-state index in [1.54, 1.807) is 9.80 Å². The average Bonchev–Trinajstić information content (AvgIpc) is 2.91. The molecule has 8 nitrogen and oxygen atoms in total. The summed E-state index contributed by atoms with van der Waals surface area (Å²) in [7, 11) is 0. The fourth-order valence-electron chi connectivity index (χ4n) is 4.27. The molecule has 1 saturated heterocycles. The number of amides is 2. The van der Waals surface area contributed by atoms with E-state index in [0.29, 0.717) is 45.3 Å². The highest BCUT2D eigenvalue weighted by Crippen LogP contribution is 2.21. The molecule has 0 atom stereocenters. The third-order valence-electron chi connectivity index (χ3n) is 6.27. The van der Waals surface area contributed by atoms with Crippen LogP contribution < -0.4 is 0 Å². The molecule has 0 spiro atoms. The van der Waals surface area contributed by atoms with Crippen LogP contribution in [0.15, 0.2) is 60.7 Å². The monoisotopic (exact) mass is 524 g/mol. The van der Waals surface area contributed by atoms with Crippen LogP contribution in [0.3, 0.4) is 0 Å². The molecule has 0 aliphatic carbocycles. The first-order valence-corrected chi connectivity index (χ1v) is 13.4. The van der Waals surface area contributed by atoms with Crippen molar-refractivity contribution in [2.45, 2.75) is 77.7 Å². The second-order valence-corrected chi connectivity index (χ2v) is 10.5. The standard InChI is InChI=1S/C30H40N2O6/c1-30(2,3)38-28(34)31-20-17-26(18-21-31)32(29(35)37-23-25-14-8-5-9-15-25)19-11-10-16-27(33)36-22-24-12-6-4-7-13-24/h4-9,12-15,26H,10-11,16-23H2,1-3H3. The largest absolute Gasteiger partial charge is 0.461 e. The predicted molar refractivity (Wildman–Crippen MR) is 144 cm³/mol. The van der Waals surface area contributed by atoms with Crippen LogP contribution in [0.1, 0.15) is 64.0 Å². The van der Waals surface area contributed by atoms with Crippen LogP contribution in [0.2, 0.25) is 0 Å². The van der Waals surface area contributed by atoms with Crippen LogP contribution in [0.25, 0.3) is 0 Å². The number of carbonyl (C=O) groups is 3. The molecule has 3 rings (SSSR count). The lowest BCUT2D eigenvalue weighted by atomic mass is 10.0. The lowest BCUT2D eigenvalue weighted by Crippen LogP contribution is -2.50. The van der Waals surface area contributed by atoms with Crippen LogP contribution in [0.5, 0.6) is 0 Å². The molecular weight excluding hydrogens is 484 g/mol. The number of rotatable bonds is 10. The average molecular weight is 525 g/mol. The number of hydrogen-bond acceptors (Lipinski definition) is 6. The van der Waals surface area contributed by atoms with Crippen LogP contribution in [0.4, 0.5) is 9.59 Å². The Morgan fingerprint density at radius 2 is 1.39 bits per heavy atom. The number of unbranched alkanes of at least 4 members (excludes halogenated alkanes) is 1. The number of benzene rings is 2. The van der Waals surface area contributed by atoms with Crippen molar-refractivity contribution in [3.05, 3.63) is 71.8 Å². The van der Waals surface area contributed by atoms with E-state index in [1.165, 1.54) is 0 Å². The van der Waals surface area contributed by atoms with E-state index < -0.39 is 5.60 Å². The summed E-state index contributed by atoms with van der Waals surface area (Å²) in [5.74, 6) is -0.252. The highest BCUT2D eigenvalue weighted by Gasteiger charge is 2.32. The fraction of sp³-hybridized carbons (Fsp3) is 0.500. The topological polar surface area (TPSA) is 85.4 Å². The predicted octanol–water partition coefficient (Wildman–Crippen LogP) is 5.94. The Bertz CT molecular complexity index is 1010. The minimum absolute atomic E-state index is 0.0537. The fourth-order valence-corrected chi connectivity index (χ4v) is 4.27. The summed E-state index contributed by atoms with van der Waals surface area (Å²) in [4.78, 5) is 41.2. The molecule has 1 aliphatic heterocycles. The number of piperidine rings is 1. The van der Waals surface area contributed by atoms with Gasteiger partial charge in [0.1, 0.15) is 18.8 Å². The quantitative estimate of drug-likeness (QED) is 0.217. The lowest BCUT2D eigenvalue weighted by molar-refractivity contribution is -0.145. The van der Waals surface area contributed by atoms with Crippen LogP contribution in [-0.4, -0.2) is 59.2 Å². The maximum absolute atomic E-state index is 13.1. The van der Waals surface area contributed by atoms with Crippen molar-refractivity contribution in [2.75, 3.05) is 19.6 Å². The van der Waals surface area contributed by atoms with Crippen molar-refractivity contribution < 1.29 is 28.6 Å². The van der Waals surface area contributed by atoms with Gasteiger partial charge in [-0.1, -0.05) is 60.7 Å². The molecule has 0 saturated carbocycles. The first kappa shape index (κ1) is 29.0. The summed E-state index contributed by atoms with van der Waals surface area (Å²) in [6, 6.07) is 19.1. The van der Waals surface area contributed by atoms with Crippen molar-refractivity contribution in [3.63, 3.8) is 0 Å². The van der Waals surface area contributed by atoms with Gasteiger partial charge in [0.05, 0.1) is 0 Å². The Labute approximate surface area is 225 Å².